The Hall–Kier alpha value is -2.85. The monoisotopic (exact) mass is 379 g/mol. The molecule has 0 atom stereocenters. The molecule has 0 aliphatic rings. The van der Waals surface area contributed by atoms with Gasteiger partial charge in [-0.1, -0.05) is 44.5 Å². The molecule has 0 unspecified atom stereocenters. The first-order valence-corrected chi connectivity index (χ1v) is 9.05. The lowest BCUT2D eigenvalue weighted by molar-refractivity contribution is -0.111. The number of rotatable bonds is 3. The van der Waals surface area contributed by atoms with Crippen LogP contribution in [0.3, 0.4) is 0 Å². The first-order chi connectivity index (χ1) is 12.7. The maximum absolute atomic E-state index is 12.2. The van der Waals surface area contributed by atoms with E-state index in [2.05, 4.69) is 26.1 Å². The molecule has 0 radical (unpaired) electrons. The van der Waals surface area contributed by atoms with Crippen LogP contribution in [0.1, 0.15) is 32.0 Å². The molecule has 1 heterocycles. The average molecular weight is 380 g/mol. The van der Waals surface area contributed by atoms with Gasteiger partial charge in [0.2, 0.25) is 5.91 Å². The first-order valence-electron chi connectivity index (χ1n) is 8.68. The van der Waals surface area contributed by atoms with Gasteiger partial charge in [-0.25, -0.2) is 0 Å². The zero-order valence-electron chi connectivity index (χ0n) is 15.6. The van der Waals surface area contributed by atoms with Crippen LogP contribution in [-0.4, -0.2) is 10.9 Å². The molecule has 0 aliphatic carbocycles. The number of carbonyl (C=O) groups excluding carboxylic acids is 1. The summed E-state index contributed by atoms with van der Waals surface area (Å²) >= 11 is 5.86. The lowest BCUT2D eigenvalue weighted by atomic mass is 9.91. The number of amides is 1. The molecule has 0 saturated heterocycles. The highest BCUT2D eigenvalue weighted by Gasteiger charge is 2.17. The lowest BCUT2D eigenvalue weighted by Crippen LogP contribution is -2.14. The van der Waals surface area contributed by atoms with Crippen LogP contribution >= 0.6 is 11.6 Å². The summed E-state index contributed by atoms with van der Waals surface area (Å²) < 4.78 is 0. The number of pyridine rings is 1. The van der Waals surface area contributed by atoms with Crippen LogP contribution in [0.5, 0.6) is 0 Å². The maximum atomic E-state index is 12.2. The summed E-state index contributed by atoms with van der Waals surface area (Å²) in [5.41, 5.74) is 10.1. The number of nitrogen functional groups attached to an aromatic ring is 1. The molecule has 1 aromatic heterocycles. The molecule has 138 valence electrons. The van der Waals surface area contributed by atoms with Crippen molar-refractivity contribution in [3.05, 3.63) is 70.9 Å². The Morgan fingerprint density at radius 2 is 1.81 bits per heavy atom. The van der Waals surface area contributed by atoms with Crippen LogP contribution in [0.15, 0.2) is 54.6 Å². The zero-order valence-corrected chi connectivity index (χ0v) is 16.3. The van der Waals surface area contributed by atoms with E-state index >= 15 is 0 Å². The molecule has 0 aliphatic heterocycles. The van der Waals surface area contributed by atoms with Crippen molar-refractivity contribution < 1.29 is 4.79 Å². The third-order valence-electron chi connectivity index (χ3n) is 4.17. The van der Waals surface area contributed by atoms with Gasteiger partial charge in [-0.05, 0) is 48.0 Å². The van der Waals surface area contributed by atoms with Crippen LogP contribution in [0.2, 0.25) is 5.02 Å². The van der Waals surface area contributed by atoms with E-state index in [0.717, 1.165) is 22.2 Å². The van der Waals surface area contributed by atoms with Gasteiger partial charge in [-0.3, -0.25) is 9.78 Å². The highest BCUT2D eigenvalue weighted by molar-refractivity contribution is 6.30. The predicted molar refractivity (Wildman–Crippen MR) is 114 cm³/mol. The van der Waals surface area contributed by atoms with E-state index in [0.29, 0.717) is 16.4 Å². The number of benzene rings is 2. The minimum Gasteiger partial charge on any atom is -0.398 e. The van der Waals surface area contributed by atoms with E-state index in [1.807, 2.05) is 36.4 Å². The predicted octanol–water partition coefficient (Wildman–Crippen LogP) is 5.42. The van der Waals surface area contributed by atoms with Crippen LogP contribution in [-0.2, 0) is 10.2 Å². The molecule has 0 saturated carbocycles. The number of hydrogen-bond donors (Lipinski definition) is 2. The molecule has 3 rings (SSSR count). The van der Waals surface area contributed by atoms with Gasteiger partial charge < -0.3 is 11.1 Å². The average Bonchev–Trinajstić information content (AvgIpc) is 2.61. The molecule has 2 aromatic carbocycles. The van der Waals surface area contributed by atoms with E-state index in [4.69, 9.17) is 22.3 Å². The largest absolute Gasteiger partial charge is 0.398 e. The summed E-state index contributed by atoms with van der Waals surface area (Å²) in [6, 6.07) is 14.7. The first kappa shape index (κ1) is 18.9. The fraction of sp³-hybridized carbons (Fsp3) is 0.182. The summed E-state index contributed by atoms with van der Waals surface area (Å²) in [6.45, 7) is 6.30. The Labute approximate surface area is 164 Å². The third kappa shape index (κ3) is 4.66. The fourth-order valence-electron chi connectivity index (χ4n) is 2.64. The van der Waals surface area contributed by atoms with E-state index in [1.165, 1.54) is 6.08 Å². The van der Waals surface area contributed by atoms with Crippen molar-refractivity contribution in [2.24, 2.45) is 0 Å². The summed E-state index contributed by atoms with van der Waals surface area (Å²) in [5, 5.41) is 4.34. The Morgan fingerprint density at radius 3 is 2.48 bits per heavy atom. The molecule has 0 spiro atoms. The molecule has 1 amide bonds. The number of fused-ring (bicyclic) bond motifs is 1. The van der Waals surface area contributed by atoms with E-state index < -0.39 is 0 Å². The van der Waals surface area contributed by atoms with Crippen molar-refractivity contribution in [1.29, 1.82) is 0 Å². The quantitative estimate of drug-likeness (QED) is 0.597. The van der Waals surface area contributed by atoms with E-state index in [1.54, 1.807) is 18.2 Å². The minimum absolute atomic E-state index is 0.0817. The second-order valence-corrected chi connectivity index (χ2v) is 7.89. The molecule has 3 aromatic rings. The third-order valence-corrected chi connectivity index (χ3v) is 4.43. The summed E-state index contributed by atoms with van der Waals surface area (Å²) in [5.74, 6) is -0.220. The smallest absolute Gasteiger partial charge is 0.248 e. The van der Waals surface area contributed by atoms with Gasteiger partial charge in [0.15, 0.2) is 0 Å². The van der Waals surface area contributed by atoms with Crippen LogP contribution < -0.4 is 11.1 Å². The van der Waals surface area contributed by atoms with Crippen molar-refractivity contribution in [2.75, 3.05) is 11.1 Å². The number of anilines is 2. The molecule has 5 heteroatoms. The Morgan fingerprint density at radius 1 is 1.11 bits per heavy atom. The Bertz CT molecular complexity index is 1020. The highest BCUT2D eigenvalue weighted by atomic mass is 35.5. The maximum Gasteiger partial charge on any atom is 0.248 e. The number of hydrogen-bond acceptors (Lipinski definition) is 3. The molecule has 0 fully saturated rings. The summed E-state index contributed by atoms with van der Waals surface area (Å²) in [6.07, 6.45) is 3.22. The van der Waals surface area contributed by atoms with Crippen molar-refractivity contribution in [3.8, 4) is 0 Å². The van der Waals surface area contributed by atoms with Crippen LogP contribution in [0.25, 0.3) is 17.0 Å². The van der Waals surface area contributed by atoms with Gasteiger partial charge in [0.25, 0.3) is 0 Å². The summed E-state index contributed by atoms with van der Waals surface area (Å²) in [4.78, 5) is 16.9. The van der Waals surface area contributed by atoms with Crippen LogP contribution in [0, 0.1) is 0 Å². The number of nitrogens with zero attached hydrogens (tertiary/aromatic N) is 1. The minimum atomic E-state index is -0.220. The summed E-state index contributed by atoms with van der Waals surface area (Å²) in [7, 11) is 0. The van der Waals surface area contributed by atoms with Gasteiger partial charge in [-0.2, -0.15) is 0 Å². The van der Waals surface area contributed by atoms with Gasteiger partial charge >= 0.3 is 0 Å². The Kier molecular flexibility index (Phi) is 5.19. The van der Waals surface area contributed by atoms with Crippen molar-refractivity contribution in [2.45, 2.75) is 26.2 Å². The van der Waals surface area contributed by atoms with Crippen molar-refractivity contribution >= 4 is 45.9 Å². The molecule has 27 heavy (non-hydrogen) atoms. The van der Waals surface area contributed by atoms with Crippen molar-refractivity contribution in [1.82, 2.24) is 4.98 Å². The van der Waals surface area contributed by atoms with Gasteiger partial charge in [0.05, 0.1) is 5.52 Å². The second-order valence-electron chi connectivity index (χ2n) is 7.45. The number of nitrogens with two attached hydrogens (primary N) is 1. The molecule has 0 bridgehead atoms. The van der Waals surface area contributed by atoms with Crippen molar-refractivity contribution in [3.63, 3.8) is 0 Å². The van der Waals surface area contributed by atoms with Gasteiger partial charge in [-0.15, -0.1) is 0 Å². The normalized spacial score (nSPS) is 11.9. The van der Waals surface area contributed by atoms with E-state index in [-0.39, 0.29) is 11.3 Å². The fourth-order valence-corrected chi connectivity index (χ4v) is 2.77. The van der Waals surface area contributed by atoms with Gasteiger partial charge in [0.1, 0.15) is 0 Å². The number of aromatic nitrogens is 1. The standard InChI is InChI=1S/C22H22ClN3O/c1-22(2,3)20-13-18(24)17-12-16(9-10-19(17)26-20)25-21(27)11-6-14-4-7-15(23)8-5-14/h4-13H,1-3H3,(H2,24,26)(H,25,27)/b11-6+. The van der Waals surface area contributed by atoms with E-state index in [9.17, 15) is 4.79 Å². The SMILES string of the molecule is CC(C)(C)c1cc(N)c2cc(NC(=O)/C=C/c3ccc(Cl)cc3)ccc2n1. The zero-order chi connectivity index (χ0) is 19.6. The number of carbonyl (C=O) groups is 1. The topological polar surface area (TPSA) is 68.0 Å². The number of halogens is 1. The molecular formula is C22H22ClN3O. The molecule has 3 N–H and O–H groups in total. The number of nitrogens with one attached hydrogen (secondary N) is 1. The van der Waals surface area contributed by atoms with Crippen LogP contribution in [0.4, 0.5) is 11.4 Å². The molecule has 4 nitrogen and oxygen atoms in total. The lowest BCUT2D eigenvalue weighted by Gasteiger charge is -2.19. The molecular weight excluding hydrogens is 358 g/mol. The van der Waals surface area contributed by atoms with Gasteiger partial charge in [0, 0.05) is 39.0 Å². The highest BCUT2D eigenvalue weighted by Crippen LogP contribution is 2.29. The second kappa shape index (κ2) is 7.41. The Balaban J connectivity index is 1.80.